The summed E-state index contributed by atoms with van der Waals surface area (Å²) in [5.74, 6) is 1.77. The van der Waals surface area contributed by atoms with E-state index in [2.05, 4.69) is 10.6 Å². The number of likely N-dealkylation sites (tertiary alicyclic amines) is 1. The van der Waals surface area contributed by atoms with Crippen molar-refractivity contribution in [1.82, 2.24) is 10.2 Å². The molecule has 0 spiro atoms. The quantitative estimate of drug-likeness (QED) is 0.736. The first-order valence-corrected chi connectivity index (χ1v) is 10.2. The number of carbonyl (C=O) groups is 2. The molecule has 0 bridgehead atoms. The van der Waals surface area contributed by atoms with E-state index in [1.165, 1.54) is 12.8 Å². The highest BCUT2D eigenvalue weighted by Gasteiger charge is 2.29. The molecule has 0 aromatic heterocycles. The van der Waals surface area contributed by atoms with Crippen molar-refractivity contribution in [2.75, 3.05) is 31.6 Å². The minimum Gasteiger partial charge on any atom is -0.484 e. The molecule has 0 radical (unpaired) electrons. The van der Waals surface area contributed by atoms with E-state index < -0.39 is 0 Å². The fraction of sp³-hybridized carbons (Fsp3) is 0.619. The summed E-state index contributed by atoms with van der Waals surface area (Å²) in [6.07, 6.45) is 6.72. The lowest BCUT2D eigenvalue weighted by Crippen LogP contribution is -2.46. The highest BCUT2D eigenvalue weighted by Crippen LogP contribution is 2.30. The molecule has 1 aromatic rings. The van der Waals surface area contributed by atoms with Crippen molar-refractivity contribution >= 4 is 17.5 Å². The highest BCUT2D eigenvalue weighted by atomic mass is 16.5. The Morgan fingerprint density at radius 2 is 1.85 bits per heavy atom. The van der Waals surface area contributed by atoms with Crippen molar-refractivity contribution in [3.05, 3.63) is 24.3 Å². The van der Waals surface area contributed by atoms with Crippen molar-refractivity contribution in [1.29, 1.82) is 0 Å². The van der Waals surface area contributed by atoms with E-state index in [4.69, 9.17) is 4.74 Å². The monoisotopic (exact) mass is 371 g/mol. The van der Waals surface area contributed by atoms with Gasteiger partial charge in [0.15, 0.2) is 6.61 Å². The maximum atomic E-state index is 12.4. The second kappa shape index (κ2) is 8.30. The van der Waals surface area contributed by atoms with Gasteiger partial charge in [0.1, 0.15) is 5.75 Å². The number of rotatable bonds is 8. The molecule has 2 aliphatic carbocycles. The molecule has 2 saturated carbocycles. The van der Waals surface area contributed by atoms with Gasteiger partial charge in [0, 0.05) is 36.8 Å². The maximum absolute atomic E-state index is 12.4. The summed E-state index contributed by atoms with van der Waals surface area (Å²) in [5, 5.41) is 6.53. The molecule has 0 unspecified atom stereocenters. The van der Waals surface area contributed by atoms with Gasteiger partial charge in [0.25, 0.3) is 5.91 Å². The van der Waals surface area contributed by atoms with Crippen molar-refractivity contribution < 1.29 is 14.3 Å². The third kappa shape index (κ3) is 5.45. The number of anilines is 1. The summed E-state index contributed by atoms with van der Waals surface area (Å²) in [5.41, 5.74) is 0.722. The molecule has 3 aliphatic rings. The number of nitrogens with zero attached hydrogens (tertiary/aromatic N) is 1. The molecule has 0 atom stereocenters. The fourth-order valence-corrected chi connectivity index (χ4v) is 3.48. The van der Waals surface area contributed by atoms with Crippen molar-refractivity contribution in [2.45, 2.75) is 44.6 Å². The Balaban J connectivity index is 1.19. The average molecular weight is 371 g/mol. The predicted molar refractivity (Wildman–Crippen MR) is 104 cm³/mol. The number of hydrogen-bond donors (Lipinski definition) is 2. The largest absolute Gasteiger partial charge is 0.484 e. The number of benzene rings is 1. The van der Waals surface area contributed by atoms with Crippen LogP contribution in [0.3, 0.4) is 0 Å². The SMILES string of the molecule is O=C(Nc1cccc(OCC(=O)N2CCC(NCC3CC3)CC2)c1)C1CC1. The van der Waals surface area contributed by atoms with Gasteiger partial charge in [0.2, 0.25) is 5.91 Å². The summed E-state index contributed by atoms with van der Waals surface area (Å²) in [4.78, 5) is 26.2. The molecule has 27 heavy (non-hydrogen) atoms. The lowest BCUT2D eigenvalue weighted by atomic mass is 10.0. The molecule has 1 aliphatic heterocycles. The molecular weight excluding hydrogens is 342 g/mol. The van der Waals surface area contributed by atoms with Crippen LogP contribution in [0.5, 0.6) is 5.75 Å². The van der Waals surface area contributed by atoms with Crippen LogP contribution in [0.4, 0.5) is 5.69 Å². The van der Waals surface area contributed by atoms with Crippen molar-refractivity contribution in [3.63, 3.8) is 0 Å². The standard InChI is InChI=1S/C21H29N3O3/c25-20(24-10-8-17(9-11-24)22-13-15-4-5-15)14-27-19-3-1-2-18(12-19)23-21(26)16-6-7-16/h1-3,12,15-17,22H,4-11,13-14H2,(H,23,26). The van der Waals surface area contributed by atoms with Crippen LogP contribution in [-0.4, -0.2) is 49.0 Å². The summed E-state index contributed by atoms with van der Waals surface area (Å²) >= 11 is 0. The molecular formula is C21H29N3O3. The van der Waals surface area contributed by atoms with Gasteiger partial charge in [0.05, 0.1) is 0 Å². The van der Waals surface area contributed by atoms with Gasteiger partial charge in [-0.2, -0.15) is 0 Å². The summed E-state index contributed by atoms with van der Waals surface area (Å²) in [7, 11) is 0. The molecule has 146 valence electrons. The van der Waals surface area contributed by atoms with Gasteiger partial charge in [-0.1, -0.05) is 6.07 Å². The van der Waals surface area contributed by atoms with Crippen molar-refractivity contribution in [2.24, 2.45) is 11.8 Å². The van der Waals surface area contributed by atoms with Crippen LogP contribution in [-0.2, 0) is 9.59 Å². The second-order valence-corrected chi connectivity index (χ2v) is 8.09. The van der Waals surface area contributed by atoms with Gasteiger partial charge in [-0.25, -0.2) is 0 Å². The predicted octanol–water partition coefficient (Wildman–Crippen LogP) is 2.40. The van der Waals surface area contributed by atoms with E-state index in [1.54, 1.807) is 6.07 Å². The Morgan fingerprint density at radius 3 is 2.56 bits per heavy atom. The van der Waals surface area contributed by atoms with E-state index >= 15 is 0 Å². The molecule has 6 nitrogen and oxygen atoms in total. The first kappa shape index (κ1) is 18.3. The Morgan fingerprint density at radius 1 is 1.07 bits per heavy atom. The summed E-state index contributed by atoms with van der Waals surface area (Å²) < 4.78 is 5.68. The van der Waals surface area contributed by atoms with Crippen LogP contribution in [0, 0.1) is 11.8 Å². The molecule has 6 heteroatoms. The van der Waals surface area contributed by atoms with E-state index in [0.29, 0.717) is 11.8 Å². The molecule has 3 fully saturated rings. The number of hydrogen-bond acceptors (Lipinski definition) is 4. The van der Waals surface area contributed by atoms with Crippen LogP contribution in [0.1, 0.15) is 38.5 Å². The second-order valence-electron chi connectivity index (χ2n) is 8.09. The minimum absolute atomic E-state index is 0.0306. The molecule has 2 N–H and O–H groups in total. The molecule has 1 aromatic carbocycles. The van der Waals surface area contributed by atoms with E-state index in [0.717, 1.165) is 56.9 Å². The van der Waals surface area contributed by atoms with Crippen LogP contribution in [0.2, 0.25) is 0 Å². The van der Waals surface area contributed by atoms with Crippen LogP contribution in [0.15, 0.2) is 24.3 Å². The highest BCUT2D eigenvalue weighted by molar-refractivity contribution is 5.94. The van der Waals surface area contributed by atoms with Crippen molar-refractivity contribution in [3.8, 4) is 5.75 Å². The first-order chi connectivity index (χ1) is 13.2. The van der Waals surface area contributed by atoms with Gasteiger partial charge in [-0.3, -0.25) is 9.59 Å². The number of nitrogens with one attached hydrogen (secondary N) is 2. The Labute approximate surface area is 160 Å². The number of piperidine rings is 1. The third-order valence-corrected chi connectivity index (χ3v) is 5.65. The third-order valence-electron chi connectivity index (χ3n) is 5.65. The van der Waals surface area contributed by atoms with E-state index in [-0.39, 0.29) is 24.3 Å². The minimum atomic E-state index is 0.0306. The lowest BCUT2D eigenvalue weighted by molar-refractivity contribution is -0.134. The molecule has 1 saturated heterocycles. The van der Waals surface area contributed by atoms with Gasteiger partial charge in [-0.05, 0) is 63.1 Å². The van der Waals surface area contributed by atoms with Gasteiger partial charge < -0.3 is 20.3 Å². The lowest BCUT2D eigenvalue weighted by Gasteiger charge is -2.32. The Bertz CT molecular complexity index is 677. The zero-order valence-corrected chi connectivity index (χ0v) is 15.8. The van der Waals surface area contributed by atoms with Gasteiger partial charge in [-0.15, -0.1) is 0 Å². The number of ether oxygens (including phenoxy) is 1. The molecule has 2 amide bonds. The van der Waals surface area contributed by atoms with E-state index in [9.17, 15) is 9.59 Å². The zero-order valence-electron chi connectivity index (χ0n) is 15.8. The van der Waals surface area contributed by atoms with E-state index in [1.807, 2.05) is 23.1 Å². The smallest absolute Gasteiger partial charge is 0.260 e. The number of amides is 2. The first-order valence-electron chi connectivity index (χ1n) is 10.2. The normalized spacial score (nSPS) is 20.4. The average Bonchev–Trinajstić information content (AvgIpc) is 3.58. The molecule has 4 rings (SSSR count). The zero-order chi connectivity index (χ0) is 18.6. The summed E-state index contributed by atoms with van der Waals surface area (Å²) in [6.45, 7) is 2.76. The topological polar surface area (TPSA) is 70.7 Å². The fourth-order valence-electron chi connectivity index (χ4n) is 3.48. The maximum Gasteiger partial charge on any atom is 0.260 e. The van der Waals surface area contributed by atoms with Gasteiger partial charge >= 0.3 is 0 Å². The van der Waals surface area contributed by atoms with Crippen LogP contribution < -0.4 is 15.4 Å². The Hall–Kier alpha value is -2.08. The Kier molecular flexibility index (Phi) is 5.62. The summed E-state index contributed by atoms with van der Waals surface area (Å²) in [6, 6.07) is 7.81. The number of carbonyl (C=O) groups excluding carboxylic acids is 2. The van der Waals surface area contributed by atoms with Crippen LogP contribution in [0.25, 0.3) is 0 Å². The van der Waals surface area contributed by atoms with Crippen LogP contribution >= 0.6 is 0 Å². The molecule has 1 heterocycles.